The van der Waals surface area contributed by atoms with Gasteiger partial charge < -0.3 is 5.32 Å². The molecule has 0 aliphatic heterocycles. The molecule has 4 fully saturated rings. The molecule has 4 aliphatic carbocycles. The van der Waals surface area contributed by atoms with Crippen molar-refractivity contribution in [3.63, 3.8) is 0 Å². The SMILES string of the molecule is Cc1nnc(SCCCNC(=O)C23CC4CC(CC(C4)C2)C3)s1. The van der Waals surface area contributed by atoms with E-state index in [9.17, 15) is 4.79 Å². The van der Waals surface area contributed by atoms with Gasteiger partial charge in [0.15, 0.2) is 4.34 Å². The van der Waals surface area contributed by atoms with Gasteiger partial charge >= 0.3 is 0 Å². The number of carbonyl (C=O) groups excluding carboxylic acids is 1. The van der Waals surface area contributed by atoms with Crippen LogP contribution in [0.4, 0.5) is 0 Å². The van der Waals surface area contributed by atoms with Crippen LogP contribution in [0.2, 0.25) is 0 Å². The summed E-state index contributed by atoms with van der Waals surface area (Å²) in [5.41, 5.74) is -0.00175. The fourth-order valence-corrected chi connectivity index (χ4v) is 7.17. The first-order chi connectivity index (χ1) is 11.1. The van der Waals surface area contributed by atoms with Gasteiger partial charge in [-0.25, -0.2) is 0 Å². The summed E-state index contributed by atoms with van der Waals surface area (Å²) in [7, 11) is 0. The highest BCUT2D eigenvalue weighted by Gasteiger charge is 2.54. The normalized spacial score (nSPS) is 34.7. The Morgan fingerprint density at radius 1 is 1.22 bits per heavy atom. The lowest BCUT2D eigenvalue weighted by Crippen LogP contribution is -2.53. The van der Waals surface area contributed by atoms with E-state index < -0.39 is 0 Å². The minimum atomic E-state index is -0.00175. The van der Waals surface area contributed by atoms with E-state index in [1.807, 2.05) is 6.92 Å². The maximum absolute atomic E-state index is 12.8. The second-order valence-electron chi connectivity index (χ2n) is 7.74. The van der Waals surface area contributed by atoms with Crippen LogP contribution >= 0.6 is 23.1 Å². The van der Waals surface area contributed by atoms with Crippen molar-refractivity contribution in [1.29, 1.82) is 0 Å². The highest BCUT2D eigenvalue weighted by Crippen LogP contribution is 2.60. The fraction of sp³-hybridized carbons (Fsp3) is 0.824. The summed E-state index contributed by atoms with van der Waals surface area (Å²) >= 11 is 3.39. The summed E-state index contributed by atoms with van der Waals surface area (Å²) in [4.78, 5) is 12.8. The van der Waals surface area contributed by atoms with E-state index in [0.717, 1.165) is 65.1 Å². The van der Waals surface area contributed by atoms with Gasteiger partial charge in [0.2, 0.25) is 5.91 Å². The molecular weight excluding hydrogens is 326 g/mol. The number of aromatic nitrogens is 2. The number of hydrogen-bond acceptors (Lipinski definition) is 5. The number of hydrogen-bond donors (Lipinski definition) is 1. The van der Waals surface area contributed by atoms with Crippen molar-refractivity contribution in [2.24, 2.45) is 23.2 Å². The summed E-state index contributed by atoms with van der Waals surface area (Å²) in [5.74, 6) is 3.86. The zero-order chi connectivity index (χ0) is 15.9. The van der Waals surface area contributed by atoms with Gasteiger partial charge in [-0.05, 0) is 69.6 Å². The van der Waals surface area contributed by atoms with Crippen LogP contribution in [0.25, 0.3) is 0 Å². The molecule has 6 heteroatoms. The average Bonchev–Trinajstić information content (AvgIpc) is 2.91. The Bertz CT molecular complexity index is 551. The molecule has 1 amide bonds. The van der Waals surface area contributed by atoms with Crippen LogP contribution in [-0.4, -0.2) is 28.4 Å². The number of nitrogens with zero attached hydrogens (tertiary/aromatic N) is 2. The van der Waals surface area contributed by atoms with Crippen LogP contribution < -0.4 is 5.32 Å². The van der Waals surface area contributed by atoms with Gasteiger partial charge in [-0.15, -0.1) is 10.2 Å². The van der Waals surface area contributed by atoms with E-state index in [-0.39, 0.29) is 5.41 Å². The van der Waals surface area contributed by atoms with E-state index in [1.165, 1.54) is 19.3 Å². The maximum atomic E-state index is 12.8. The van der Waals surface area contributed by atoms with Crippen molar-refractivity contribution in [1.82, 2.24) is 15.5 Å². The molecule has 0 radical (unpaired) electrons. The molecule has 0 spiro atoms. The van der Waals surface area contributed by atoms with Gasteiger partial charge in [0.1, 0.15) is 5.01 Å². The Morgan fingerprint density at radius 3 is 2.43 bits per heavy atom. The van der Waals surface area contributed by atoms with E-state index in [2.05, 4.69) is 15.5 Å². The Balaban J connectivity index is 1.23. The summed E-state index contributed by atoms with van der Waals surface area (Å²) in [6.07, 6.45) is 8.65. The van der Waals surface area contributed by atoms with E-state index >= 15 is 0 Å². The van der Waals surface area contributed by atoms with Crippen LogP contribution in [0.3, 0.4) is 0 Å². The monoisotopic (exact) mass is 351 g/mol. The molecule has 1 aromatic rings. The third kappa shape index (κ3) is 3.29. The van der Waals surface area contributed by atoms with Crippen molar-refractivity contribution < 1.29 is 4.79 Å². The standard InChI is InChI=1S/C17H25N3OS2/c1-11-19-20-16(23-11)22-4-2-3-18-15(21)17-8-12-5-13(9-17)7-14(6-12)10-17/h12-14H,2-10H2,1H3,(H,18,21). The summed E-state index contributed by atoms with van der Waals surface area (Å²) in [5, 5.41) is 12.4. The van der Waals surface area contributed by atoms with Crippen LogP contribution in [-0.2, 0) is 4.79 Å². The van der Waals surface area contributed by atoms with Gasteiger partial charge in [0.05, 0.1) is 0 Å². The zero-order valence-corrected chi connectivity index (χ0v) is 15.3. The quantitative estimate of drug-likeness (QED) is 0.628. The molecule has 4 saturated carbocycles. The Kier molecular flexibility index (Phi) is 4.39. The van der Waals surface area contributed by atoms with Crippen LogP contribution in [0.1, 0.15) is 50.0 Å². The molecule has 1 aromatic heterocycles. The molecule has 1 heterocycles. The lowest BCUT2D eigenvalue weighted by molar-refractivity contribution is -0.146. The van der Waals surface area contributed by atoms with Gasteiger partial charge in [-0.2, -0.15) is 0 Å². The van der Waals surface area contributed by atoms with Crippen LogP contribution in [0.15, 0.2) is 4.34 Å². The van der Waals surface area contributed by atoms with Gasteiger partial charge in [0.25, 0.3) is 0 Å². The highest BCUT2D eigenvalue weighted by atomic mass is 32.2. The van der Waals surface area contributed by atoms with Crippen LogP contribution in [0, 0.1) is 30.1 Å². The third-order valence-electron chi connectivity index (χ3n) is 5.86. The zero-order valence-electron chi connectivity index (χ0n) is 13.7. The minimum absolute atomic E-state index is 0.00175. The third-order valence-corrected chi connectivity index (χ3v) is 7.92. The number of amides is 1. The second-order valence-corrected chi connectivity index (χ2v) is 10.3. The predicted octanol–water partition coefficient (Wildman–Crippen LogP) is 3.66. The molecule has 4 bridgehead atoms. The highest BCUT2D eigenvalue weighted by molar-refractivity contribution is 8.01. The molecule has 0 aromatic carbocycles. The van der Waals surface area contributed by atoms with Crippen molar-refractivity contribution in [3.05, 3.63) is 5.01 Å². The van der Waals surface area contributed by atoms with E-state index in [1.54, 1.807) is 23.1 Å². The first-order valence-electron chi connectivity index (χ1n) is 8.84. The summed E-state index contributed by atoms with van der Waals surface area (Å²) < 4.78 is 1.04. The van der Waals surface area contributed by atoms with Crippen molar-refractivity contribution in [2.75, 3.05) is 12.3 Å². The molecule has 126 valence electrons. The molecule has 1 N–H and O–H groups in total. The second kappa shape index (κ2) is 6.36. The van der Waals surface area contributed by atoms with Gasteiger partial charge in [0, 0.05) is 17.7 Å². The molecule has 4 nitrogen and oxygen atoms in total. The molecule has 4 aliphatic rings. The predicted molar refractivity (Wildman–Crippen MR) is 93.6 cm³/mol. The first-order valence-corrected chi connectivity index (χ1v) is 10.6. The largest absolute Gasteiger partial charge is 0.356 e. The molecule has 0 atom stereocenters. The Morgan fingerprint density at radius 2 is 1.87 bits per heavy atom. The molecule has 5 rings (SSSR count). The summed E-state index contributed by atoms with van der Waals surface area (Å²) in [6.45, 7) is 2.78. The Labute approximate surface area is 146 Å². The minimum Gasteiger partial charge on any atom is -0.356 e. The summed E-state index contributed by atoms with van der Waals surface area (Å²) in [6, 6.07) is 0. The van der Waals surface area contributed by atoms with Gasteiger partial charge in [-0.3, -0.25) is 4.79 Å². The smallest absolute Gasteiger partial charge is 0.226 e. The number of rotatable bonds is 6. The van der Waals surface area contributed by atoms with Crippen molar-refractivity contribution >= 4 is 29.0 Å². The fourth-order valence-electron chi connectivity index (χ4n) is 5.35. The van der Waals surface area contributed by atoms with Crippen LogP contribution in [0.5, 0.6) is 0 Å². The van der Waals surface area contributed by atoms with Gasteiger partial charge in [-0.1, -0.05) is 23.1 Å². The number of carbonyl (C=O) groups is 1. The number of thioether (sulfide) groups is 1. The first kappa shape index (κ1) is 15.9. The van der Waals surface area contributed by atoms with E-state index in [4.69, 9.17) is 0 Å². The van der Waals surface area contributed by atoms with Crippen molar-refractivity contribution in [2.45, 2.75) is 56.2 Å². The molecule has 23 heavy (non-hydrogen) atoms. The number of nitrogens with one attached hydrogen (secondary N) is 1. The lowest BCUT2D eigenvalue weighted by Gasteiger charge is -2.55. The maximum Gasteiger partial charge on any atom is 0.226 e. The lowest BCUT2D eigenvalue weighted by atomic mass is 9.49. The molecule has 0 unspecified atom stereocenters. The molecule has 0 saturated heterocycles. The Hall–Kier alpha value is -0.620. The topological polar surface area (TPSA) is 54.9 Å². The molecular formula is C17H25N3OS2. The average molecular weight is 352 g/mol. The number of aryl methyl sites for hydroxylation is 1. The van der Waals surface area contributed by atoms with E-state index in [0.29, 0.717) is 5.91 Å². The van der Waals surface area contributed by atoms with Crippen molar-refractivity contribution in [3.8, 4) is 0 Å².